The van der Waals surface area contributed by atoms with Crippen LogP contribution >= 0.6 is 0 Å². The highest BCUT2D eigenvalue weighted by molar-refractivity contribution is 6.03. The van der Waals surface area contributed by atoms with Crippen LogP contribution in [0.5, 0.6) is 5.75 Å². The molecule has 44 heavy (non-hydrogen) atoms. The molecule has 0 unspecified atom stereocenters. The fourth-order valence-electron chi connectivity index (χ4n) is 5.83. The van der Waals surface area contributed by atoms with E-state index in [-0.39, 0.29) is 31.4 Å². The zero-order chi connectivity index (χ0) is 31.4. The molecule has 1 saturated carbocycles. The molecule has 8 nitrogen and oxygen atoms in total. The van der Waals surface area contributed by atoms with Crippen LogP contribution in [0, 0.1) is 17.1 Å². The lowest BCUT2D eigenvalue weighted by molar-refractivity contribution is -0.137. The van der Waals surface area contributed by atoms with Crippen molar-refractivity contribution in [2.45, 2.75) is 44.2 Å². The Bertz CT molecular complexity index is 1540. The maximum Gasteiger partial charge on any atom is 0.418 e. The summed E-state index contributed by atoms with van der Waals surface area (Å²) in [5.74, 6) is -0.0464. The number of ether oxygens (including phenoxy) is 1. The smallest absolute Gasteiger partial charge is 0.418 e. The lowest BCUT2D eigenvalue weighted by atomic mass is 9.77. The van der Waals surface area contributed by atoms with E-state index in [9.17, 15) is 27.2 Å². The van der Waals surface area contributed by atoms with Crippen LogP contribution in [0.2, 0.25) is 0 Å². The van der Waals surface area contributed by atoms with Crippen LogP contribution in [0.4, 0.5) is 33.7 Å². The Morgan fingerprint density at radius 1 is 0.977 bits per heavy atom. The standard InChI is InChI=1S/C32H33F4N5O3/c33-24-10-11-26(25(17-24)32(34,35)36)40-31(43)41-13-14-44-28-16-23(9-12-27(28)41)22-7-5-21(6-8-22)20-3-1-19(2-4-20)15-30(42)39-18-29(37)38/h5-12,16-17,19-20H,1-4,13-15,18H2,(H3,37,38)(H,39,42)(H,40,43). The largest absolute Gasteiger partial charge is 0.490 e. The minimum absolute atomic E-state index is 0.0627. The minimum atomic E-state index is -4.84. The van der Waals surface area contributed by atoms with Crippen LogP contribution in [0.15, 0.2) is 60.7 Å². The first-order valence-corrected chi connectivity index (χ1v) is 14.4. The highest BCUT2D eigenvalue weighted by atomic mass is 19.4. The number of amidine groups is 1. The van der Waals surface area contributed by atoms with Gasteiger partial charge in [-0.05, 0) is 84.5 Å². The van der Waals surface area contributed by atoms with Gasteiger partial charge in [-0.15, -0.1) is 0 Å². The van der Waals surface area contributed by atoms with Gasteiger partial charge in [0.25, 0.3) is 0 Å². The van der Waals surface area contributed by atoms with Crippen molar-refractivity contribution in [1.29, 1.82) is 5.41 Å². The molecule has 1 heterocycles. The van der Waals surface area contributed by atoms with E-state index in [4.69, 9.17) is 15.9 Å². The van der Waals surface area contributed by atoms with Crippen LogP contribution in [0.25, 0.3) is 11.1 Å². The Balaban J connectivity index is 1.22. The third-order valence-corrected chi connectivity index (χ3v) is 8.11. The number of fused-ring (bicyclic) bond motifs is 1. The molecule has 5 rings (SSSR count). The molecule has 0 spiro atoms. The SMILES string of the molecule is N=C(N)CNC(=O)CC1CCC(c2ccc(-c3ccc4c(c3)OCCN4C(=O)Nc3ccc(F)cc3C(F)(F)F)cc2)CC1. The first-order chi connectivity index (χ1) is 21.0. The van der Waals surface area contributed by atoms with Crippen molar-refractivity contribution in [2.75, 3.05) is 29.9 Å². The number of alkyl halides is 3. The van der Waals surface area contributed by atoms with Gasteiger partial charge in [0, 0.05) is 6.42 Å². The second kappa shape index (κ2) is 12.9. The number of nitrogens with zero attached hydrogens (tertiary/aromatic N) is 1. The van der Waals surface area contributed by atoms with E-state index in [1.54, 1.807) is 12.1 Å². The maximum atomic E-state index is 13.5. The number of benzene rings is 3. The van der Waals surface area contributed by atoms with E-state index in [1.807, 2.05) is 18.2 Å². The van der Waals surface area contributed by atoms with Crippen LogP contribution in [-0.4, -0.2) is 37.5 Å². The van der Waals surface area contributed by atoms with Gasteiger partial charge < -0.3 is 21.1 Å². The number of urea groups is 1. The molecule has 5 N–H and O–H groups in total. The molecule has 3 aromatic carbocycles. The Morgan fingerprint density at radius 2 is 1.68 bits per heavy atom. The second-order valence-electron chi connectivity index (χ2n) is 11.1. The molecule has 232 valence electrons. The van der Waals surface area contributed by atoms with Gasteiger partial charge >= 0.3 is 12.2 Å². The topological polar surface area (TPSA) is 121 Å². The highest BCUT2D eigenvalue weighted by Crippen LogP contribution is 2.40. The molecule has 0 saturated heterocycles. The van der Waals surface area contributed by atoms with E-state index < -0.39 is 29.3 Å². The van der Waals surface area contributed by atoms with Gasteiger partial charge in [0.05, 0.1) is 30.0 Å². The summed E-state index contributed by atoms with van der Waals surface area (Å²) in [5.41, 5.74) is 6.95. The van der Waals surface area contributed by atoms with Crippen molar-refractivity contribution in [3.05, 3.63) is 77.6 Å². The van der Waals surface area contributed by atoms with Gasteiger partial charge in [-0.2, -0.15) is 13.2 Å². The van der Waals surface area contributed by atoms with E-state index in [0.29, 0.717) is 35.8 Å². The number of hydrogen-bond donors (Lipinski definition) is 4. The zero-order valence-electron chi connectivity index (χ0n) is 23.8. The van der Waals surface area contributed by atoms with Gasteiger partial charge in [0.1, 0.15) is 24.0 Å². The molecule has 1 aliphatic heterocycles. The van der Waals surface area contributed by atoms with Gasteiger partial charge in [-0.25, -0.2) is 9.18 Å². The quantitative estimate of drug-likeness (QED) is 0.136. The number of nitrogens with two attached hydrogens (primary N) is 1. The molecule has 0 aromatic heterocycles. The molecule has 1 aliphatic carbocycles. The molecule has 0 radical (unpaired) electrons. The number of halogens is 4. The third-order valence-electron chi connectivity index (χ3n) is 8.11. The fourth-order valence-corrected chi connectivity index (χ4v) is 5.83. The van der Waals surface area contributed by atoms with Crippen molar-refractivity contribution < 1.29 is 31.9 Å². The lowest BCUT2D eigenvalue weighted by Crippen LogP contribution is -2.41. The summed E-state index contributed by atoms with van der Waals surface area (Å²) in [7, 11) is 0. The van der Waals surface area contributed by atoms with Gasteiger partial charge in [0.2, 0.25) is 5.91 Å². The average Bonchev–Trinajstić information content (AvgIpc) is 3.00. The third kappa shape index (κ3) is 7.29. The highest BCUT2D eigenvalue weighted by Gasteiger charge is 2.35. The summed E-state index contributed by atoms with van der Waals surface area (Å²) in [6.07, 6.45) is -0.532. The molecule has 12 heteroatoms. The number of hydrogen-bond acceptors (Lipinski definition) is 4. The molecular formula is C32H33F4N5O3. The Hall–Kier alpha value is -4.61. The first kappa shape index (κ1) is 30.8. The van der Waals surface area contributed by atoms with Gasteiger partial charge in [-0.1, -0.05) is 30.3 Å². The van der Waals surface area contributed by atoms with E-state index >= 15 is 0 Å². The first-order valence-electron chi connectivity index (χ1n) is 14.4. The molecule has 0 bridgehead atoms. The average molecular weight is 612 g/mol. The molecule has 3 amide bonds. The molecule has 0 atom stereocenters. The van der Waals surface area contributed by atoms with Crippen molar-refractivity contribution in [1.82, 2.24) is 5.32 Å². The second-order valence-corrected chi connectivity index (χ2v) is 11.1. The van der Waals surface area contributed by atoms with Crippen LogP contribution in [-0.2, 0) is 11.0 Å². The van der Waals surface area contributed by atoms with Crippen molar-refractivity contribution in [3.8, 4) is 16.9 Å². The predicted molar refractivity (Wildman–Crippen MR) is 159 cm³/mol. The van der Waals surface area contributed by atoms with E-state index in [2.05, 4.69) is 22.8 Å². The molecule has 2 aliphatic rings. The predicted octanol–water partition coefficient (Wildman–Crippen LogP) is 6.66. The van der Waals surface area contributed by atoms with Crippen molar-refractivity contribution >= 4 is 29.1 Å². The Labute approximate surface area is 252 Å². The summed E-state index contributed by atoms with van der Waals surface area (Å²) >= 11 is 0. The van der Waals surface area contributed by atoms with Crippen LogP contribution < -0.4 is 26.0 Å². The molecule has 1 fully saturated rings. The van der Waals surface area contributed by atoms with E-state index in [1.165, 1.54) is 10.5 Å². The van der Waals surface area contributed by atoms with Gasteiger partial charge in [0.15, 0.2) is 0 Å². The van der Waals surface area contributed by atoms with E-state index in [0.717, 1.165) is 48.9 Å². The lowest BCUT2D eigenvalue weighted by Gasteiger charge is -2.30. The zero-order valence-corrected chi connectivity index (χ0v) is 23.8. The normalized spacial score (nSPS) is 18.1. The summed E-state index contributed by atoms with van der Waals surface area (Å²) in [5, 5.41) is 12.2. The van der Waals surface area contributed by atoms with Crippen LogP contribution in [0.3, 0.4) is 0 Å². The van der Waals surface area contributed by atoms with Crippen LogP contribution in [0.1, 0.15) is 49.1 Å². The summed E-state index contributed by atoms with van der Waals surface area (Å²) in [6.45, 7) is 0.355. The summed E-state index contributed by atoms with van der Waals surface area (Å²) in [6, 6.07) is 14.9. The number of anilines is 2. The number of rotatable bonds is 7. The summed E-state index contributed by atoms with van der Waals surface area (Å²) < 4.78 is 59.6. The van der Waals surface area contributed by atoms with Crippen molar-refractivity contribution in [2.24, 2.45) is 11.7 Å². The maximum absolute atomic E-state index is 13.5. The number of carbonyl (C=O) groups excluding carboxylic acids is 2. The minimum Gasteiger partial charge on any atom is -0.490 e. The fraction of sp³-hybridized carbons (Fsp3) is 0.344. The van der Waals surface area contributed by atoms with Gasteiger partial charge in [-0.3, -0.25) is 15.1 Å². The number of carbonyl (C=O) groups is 2. The monoisotopic (exact) mass is 611 g/mol. The number of nitrogens with one attached hydrogen (secondary N) is 3. The Kier molecular flexibility index (Phi) is 9.07. The summed E-state index contributed by atoms with van der Waals surface area (Å²) in [4.78, 5) is 26.4. The Morgan fingerprint density at radius 3 is 2.36 bits per heavy atom. The molecular weight excluding hydrogens is 578 g/mol. The van der Waals surface area contributed by atoms with Crippen molar-refractivity contribution in [3.63, 3.8) is 0 Å². The number of amides is 3. The molecule has 3 aromatic rings.